The van der Waals surface area contributed by atoms with Gasteiger partial charge >= 0.3 is 0 Å². The van der Waals surface area contributed by atoms with Crippen LogP contribution in [-0.4, -0.2) is 34.9 Å². The lowest BCUT2D eigenvalue weighted by molar-refractivity contribution is -0.253. The Morgan fingerprint density at radius 3 is 2.55 bits per heavy atom. The highest BCUT2D eigenvalue weighted by Gasteiger charge is 2.15. The number of carbonyl (C=O) groups is 1. The van der Waals surface area contributed by atoms with E-state index in [1.165, 1.54) is 0 Å². The lowest BCUT2D eigenvalue weighted by atomic mass is 10.1. The topological polar surface area (TPSA) is 69.9 Å². The van der Waals surface area contributed by atoms with E-state index >= 15 is 0 Å². The summed E-state index contributed by atoms with van der Waals surface area (Å²) in [5, 5.41) is 8.53. The molecule has 0 radical (unpaired) electrons. The molecule has 164 valence electrons. The van der Waals surface area contributed by atoms with Crippen molar-refractivity contribution in [2.45, 2.75) is 39.8 Å². The minimum atomic E-state index is -0.289. The summed E-state index contributed by atoms with van der Waals surface area (Å²) in [4.78, 5) is 17.1. The van der Waals surface area contributed by atoms with Crippen LogP contribution in [0.1, 0.15) is 41.0 Å². The van der Waals surface area contributed by atoms with E-state index in [-0.39, 0.29) is 18.5 Å². The van der Waals surface area contributed by atoms with Crippen LogP contribution in [0.3, 0.4) is 0 Å². The molecule has 0 spiro atoms. The van der Waals surface area contributed by atoms with Gasteiger partial charge in [0.1, 0.15) is 30.8 Å². The van der Waals surface area contributed by atoms with E-state index in [9.17, 15) is 4.79 Å². The minimum Gasteiger partial charge on any atom is -0.492 e. The molecular weight excluding hydrogens is 394 g/mol. The first-order valence-corrected chi connectivity index (χ1v) is 10.5. The highest BCUT2D eigenvalue weighted by Crippen LogP contribution is 2.21. The molecule has 0 aliphatic carbocycles. The first-order chi connectivity index (χ1) is 15.0. The van der Waals surface area contributed by atoms with E-state index in [2.05, 4.69) is 11.8 Å². The van der Waals surface area contributed by atoms with Crippen LogP contribution in [0.5, 0.6) is 11.5 Å². The van der Waals surface area contributed by atoms with Crippen molar-refractivity contribution in [1.82, 2.24) is 4.57 Å². The van der Waals surface area contributed by atoms with Crippen molar-refractivity contribution in [3.05, 3.63) is 83.2 Å². The Morgan fingerprint density at radius 1 is 1.10 bits per heavy atom. The standard InChI is InChI=1S/C25H29NO5/c1-4-20-14-24(25(27)21-10-8-18(2)9-11-21)26(16-20)12-13-29-22-6-5-7-23(15-22)31-19(3)17-30-28/h5-11,14-16,19,28H,4,12-13,17H2,1-3H3/t19-/m0/s1. The van der Waals surface area contributed by atoms with Crippen LogP contribution in [0.15, 0.2) is 60.8 Å². The van der Waals surface area contributed by atoms with Crippen molar-refractivity contribution >= 4 is 5.78 Å². The van der Waals surface area contributed by atoms with E-state index in [1.54, 1.807) is 13.0 Å². The lowest BCUT2D eigenvalue weighted by Crippen LogP contribution is -2.18. The molecule has 0 unspecified atom stereocenters. The van der Waals surface area contributed by atoms with Crippen LogP contribution < -0.4 is 9.47 Å². The lowest BCUT2D eigenvalue weighted by Gasteiger charge is -2.14. The maximum absolute atomic E-state index is 13.0. The second kappa shape index (κ2) is 10.8. The number of aromatic nitrogens is 1. The molecule has 2 aromatic carbocycles. The molecule has 0 fully saturated rings. The Morgan fingerprint density at radius 2 is 1.84 bits per heavy atom. The second-order valence-corrected chi connectivity index (χ2v) is 7.52. The summed E-state index contributed by atoms with van der Waals surface area (Å²) in [5.74, 6) is 1.31. The number of hydrogen-bond donors (Lipinski definition) is 1. The van der Waals surface area contributed by atoms with Crippen LogP contribution in [0, 0.1) is 6.92 Å². The van der Waals surface area contributed by atoms with Crippen LogP contribution in [0.25, 0.3) is 0 Å². The van der Waals surface area contributed by atoms with Gasteiger partial charge in [-0.25, -0.2) is 4.89 Å². The Kier molecular flexibility index (Phi) is 7.87. The van der Waals surface area contributed by atoms with Crippen molar-refractivity contribution in [2.75, 3.05) is 13.2 Å². The zero-order valence-electron chi connectivity index (χ0n) is 18.2. The molecule has 0 saturated carbocycles. The molecule has 6 heteroatoms. The predicted octanol–water partition coefficient (Wildman–Crippen LogP) is 4.93. The fraction of sp³-hybridized carbons (Fsp3) is 0.320. The summed E-state index contributed by atoms with van der Waals surface area (Å²) < 4.78 is 13.5. The average Bonchev–Trinajstić information content (AvgIpc) is 3.17. The quantitative estimate of drug-likeness (QED) is 0.269. The van der Waals surface area contributed by atoms with Crippen molar-refractivity contribution < 1.29 is 24.4 Å². The fourth-order valence-corrected chi connectivity index (χ4v) is 3.26. The molecule has 1 atom stereocenters. The number of nitrogens with zero attached hydrogens (tertiary/aromatic N) is 1. The van der Waals surface area contributed by atoms with Gasteiger partial charge in [-0.05, 0) is 44.0 Å². The monoisotopic (exact) mass is 423 g/mol. The third-order valence-electron chi connectivity index (χ3n) is 4.96. The van der Waals surface area contributed by atoms with Crippen LogP contribution in [-0.2, 0) is 17.9 Å². The van der Waals surface area contributed by atoms with Gasteiger partial charge in [-0.15, -0.1) is 0 Å². The van der Waals surface area contributed by atoms with E-state index in [0.29, 0.717) is 35.9 Å². The summed E-state index contributed by atoms with van der Waals surface area (Å²) in [6.45, 7) is 6.91. The molecule has 3 rings (SSSR count). The van der Waals surface area contributed by atoms with Crippen LogP contribution in [0.4, 0.5) is 0 Å². The summed E-state index contributed by atoms with van der Waals surface area (Å²) in [5.41, 5.74) is 3.59. The van der Waals surface area contributed by atoms with Crippen LogP contribution in [0.2, 0.25) is 0 Å². The first kappa shape index (κ1) is 22.6. The summed E-state index contributed by atoms with van der Waals surface area (Å²) in [6, 6.07) is 16.9. The van der Waals surface area contributed by atoms with Gasteiger partial charge in [0.15, 0.2) is 0 Å². The fourth-order valence-electron chi connectivity index (χ4n) is 3.26. The molecule has 3 aromatic rings. The first-order valence-electron chi connectivity index (χ1n) is 10.5. The number of aryl methyl sites for hydroxylation is 2. The average molecular weight is 424 g/mol. The number of carbonyl (C=O) groups excluding carboxylic acids is 1. The van der Waals surface area contributed by atoms with Crippen LogP contribution >= 0.6 is 0 Å². The largest absolute Gasteiger partial charge is 0.492 e. The third kappa shape index (κ3) is 6.20. The Hall–Kier alpha value is -3.09. The maximum Gasteiger partial charge on any atom is 0.209 e. The van der Waals surface area contributed by atoms with Gasteiger partial charge in [-0.3, -0.25) is 10.1 Å². The number of benzene rings is 2. The second-order valence-electron chi connectivity index (χ2n) is 7.52. The van der Waals surface area contributed by atoms with Crippen molar-refractivity contribution in [3.8, 4) is 11.5 Å². The molecule has 1 aromatic heterocycles. The van der Waals surface area contributed by atoms with Gasteiger partial charge in [-0.1, -0.05) is 42.8 Å². The smallest absolute Gasteiger partial charge is 0.209 e. The van der Waals surface area contributed by atoms with Gasteiger partial charge in [0.25, 0.3) is 0 Å². The Labute approximate surface area is 182 Å². The van der Waals surface area contributed by atoms with Gasteiger partial charge in [0.05, 0.1) is 12.2 Å². The van der Waals surface area contributed by atoms with Gasteiger partial charge < -0.3 is 14.0 Å². The molecule has 1 N–H and O–H groups in total. The van der Waals surface area contributed by atoms with E-state index in [0.717, 1.165) is 17.5 Å². The van der Waals surface area contributed by atoms with E-state index in [1.807, 2.05) is 66.2 Å². The number of rotatable bonds is 11. The van der Waals surface area contributed by atoms with E-state index < -0.39 is 0 Å². The molecule has 0 amide bonds. The van der Waals surface area contributed by atoms with Crippen molar-refractivity contribution in [2.24, 2.45) is 0 Å². The minimum absolute atomic E-state index is 0.00943. The Balaban J connectivity index is 1.66. The molecule has 31 heavy (non-hydrogen) atoms. The third-order valence-corrected chi connectivity index (χ3v) is 4.96. The molecule has 6 nitrogen and oxygen atoms in total. The summed E-state index contributed by atoms with van der Waals surface area (Å²) in [6.07, 6.45) is 2.58. The molecular formula is C25H29NO5. The number of ether oxygens (including phenoxy) is 2. The molecule has 0 aliphatic rings. The van der Waals surface area contributed by atoms with Gasteiger partial charge in [-0.2, -0.15) is 0 Å². The SMILES string of the molecule is CCc1cc(C(=O)c2ccc(C)cc2)n(CCOc2cccc(O[C@@H](C)COO)c2)c1. The zero-order chi connectivity index (χ0) is 22.2. The highest BCUT2D eigenvalue weighted by molar-refractivity contribution is 6.08. The summed E-state index contributed by atoms with van der Waals surface area (Å²) in [7, 11) is 0. The molecule has 0 saturated heterocycles. The maximum atomic E-state index is 13.0. The number of ketones is 1. The summed E-state index contributed by atoms with van der Waals surface area (Å²) >= 11 is 0. The Bertz CT molecular complexity index is 993. The molecule has 0 bridgehead atoms. The van der Waals surface area contributed by atoms with Gasteiger partial charge in [0, 0.05) is 17.8 Å². The van der Waals surface area contributed by atoms with Crippen molar-refractivity contribution in [3.63, 3.8) is 0 Å². The van der Waals surface area contributed by atoms with Gasteiger partial charge in [0.2, 0.25) is 5.78 Å². The normalized spacial score (nSPS) is 11.9. The van der Waals surface area contributed by atoms with E-state index in [4.69, 9.17) is 14.7 Å². The zero-order valence-corrected chi connectivity index (χ0v) is 18.2. The number of hydrogen-bond acceptors (Lipinski definition) is 5. The van der Waals surface area contributed by atoms with Crippen molar-refractivity contribution in [1.29, 1.82) is 0 Å². The molecule has 0 aliphatic heterocycles. The molecule has 1 heterocycles. The highest BCUT2D eigenvalue weighted by atomic mass is 17.1. The predicted molar refractivity (Wildman–Crippen MR) is 119 cm³/mol.